The van der Waals surface area contributed by atoms with Gasteiger partial charge in [0, 0.05) is 14.1 Å². The van der Waals surface area contributed by atoms with Crippen LogP contribution in [-0.2, 0) is 4.79 Å². The third kappa shape index (κ3) is 2.29. The van der Waals surface area contributed by atoms with Gasteiger partial charge in [0.1, 0.15) is 0 Å². The summed E-state index contributed by atoms with van der Waals surface area (Å²) >= 11 is 0. The number of rotatable bonds is 4. The maximum Gasteiger partial charge on any atom is 0.185 e. The Balaban J connectivity index is 3.00. The molecule has 0 aliphatic rings. The lowest BCUT2D eigenvalue weighted by molar-refractivity contribution is -0.102. The van der Waals surface area contributed by atoms with Crippen molar-refractivity contribution >= 4 is 18.3 Å². The zero-order chi connectivity index (χ0) is 10.6. The van der Waals surface area contributed by atoms with Crippen LogP contribution in [0.15, 0.2) is 21.7 Å². The van der Waals surface area contributed by atoms with E-state index in [9.17, 15) is 9.59 Å². The van der Waals surface area contributed by atoms with Gasteiger partial charge >= 0.3 is 0 Å². The highest BCUT2D eigenvalue weighted by Crippen LogP contribution is 2.06. The topological polar surface area (TPSA) is 62.9 Å². The molecule has 0 saturated heterocycles. The molecular weight excluding hydrogens is 184 g/mol. The van der Waals surface area contributed by atoms with Gasteiger partial charge in [0.05, 0.1) is 0 Å². The van der Waals surface area contributed by atoms with Crippen molar-refractivity contribution in [2.45, 2.75) is 0 Å². The molecule has 14 heavy (non-hydrogen) atoms. The largest absolute Gasteiger partial charge is 0.451 e. The second-order valence-corrected chi connectivity index (χ2v) is 2.77. The summed E-state index contributed by atoms with van der Waals surface area (Å²) in [6.07, 6.45) is 1.15. The molecule has 1 aromatic heterocycles. The lowest BCUT2D eigenvalue weighted by atomic mass is 10.3. The Morgan fingerprint density at radius 3 is 2.57 bits per heavy atom. The maximum absolute atomic E-state index is 10.6. The SMILES string of the molecule is CN(C)N=C(C=O)c1ccc(C=O)o1. The Labute approximate surface area is 81.0 Å². The highest BCUT2D eigenvalue weighted by molar-refractivity contribution is 6.35. The Morgan fingerprint density at radius 1 is 1.43 bits per heavy atom. The van der Waals surface area contributed by atoms with Gasteiger partial charge in [0.2, 0.25) is 0 Å². The number of hydrogen-bond acceptors (Lipinski definition) is 5. The van der Waals surface area contributed by atoms with Crippen LogP contribution in [0.2, 0.25) is 0 Å². The average molecular weight is 194 g/mol. The van der Waals surface area contributed by atoms with Gasteiger partial charge in [0.25, 0.3) is 0 Å². The molecule has 5 heteroatoms. The van der Waals surface area contributed by atoms with Crippen molar-refractivity contribution in [2.75, 3.05) is 14.1 Å². The molecule has 0 unspecified atom stereocenters. The predicted octanol–water partition coefficient (Wildman–Crippen LogP) is 0.557. The standard InChI is InChI=1S/C9H10N2O3/c1-11(2)10-8(6-13)9-4-3-7(5-12)14-9/h3-6H,1-2H3. The van der Waals surface area contributed by atoms with Crippen LogP contribution in [0.5, 0.6) is 0 Å². The fourth-order valence-corrected chi connectivity index (χ4v) is 0.900. The maximum atomic E-state index is 10.6. The molecule has 74 valence electrons. The van der Waals surface area contributed by atoms with Gasteiger partial charge in [-0.25, -0.2) is 0 Å². The van der Waals surface area contributed by atoms with Crippen molar-refractivity contribution in [3.63, 3.8) is 0 Å². The molecule has 0 saturated carbocycles. The molecule has 0 atom stereocenters. The Kier molecular flexibility index (Phi) is 3.17. The molecule has 0 amide bonds. The monoisotopic (exact) mass is 194 g/mol. The van der Waals surface area contributed by atoms with Gasteiger partial charge in [0.15, 0.2) is 29.8 Å². The van der Waals surface area contributed by atoms with E-state index in [1.165, 1.54) is 17.1 Å². The molecule has 0 fully saturated rings. The van der Waals surface area contributed by atoms with E-state index < -0.39 is 0 Å². The van der Waals surface area contributed by atoms with E-state index >= 15 is 0 Å². The first kappa shape index (κ1) is 10.2. The first-order valence-electron chi connectivity index (χ1n) is 3.94. The molecule has 0 bridgehead atoms. The van der Waals surface area contributed by atoms with Crippen LogP contribution in [0, 0.1) is 0 Å². The van der Waals surface area contributed by atoms with E-state index in [-0.39, 0.29) is 17.2 Å². The van der Waals surface area contributed by atoms with E-state index in [1.807, 2.05) is 0 Å². The summed E-state index contributed by atoms with van der Waals surface area (Å²) in [4.78, 5) is 21.0. The van der Waals surface area contributed by atoms with Crippen molar-refractivity contribution in [2.24, 2.45) is 5.10 Å². The van der Waals surface area contributed by atoms with E-state index in [4.69, 9.17) is 4.42 Å². The van der Waals surface area contributed by atoms with Gasteiger partial charge in [-0.3, -0.25) is 9.59 Å². The number of carbonyl (C=O) groups excluding carboxylic acids is 2. The predicted molar refractivity (Wildman–Crippen MR) is 50.4 cm³/mol. The first-order valence-corrected chi connectivity index (χ1v) is 3.94. The van der Waals surface area contributed by atoms with Gasteiger partial charge in [-0.2, -0.15) is 5.10 Å². The molecular formula is C9H10N2O3. The minimum atomic E-state index is 0.156. The van der Waals surface area contributed by atoms with Crippen LogP contribution in [0.1, 0.15) is 16.3 Å². The number of furan rings is 1. The molecule has 1 heterocycles. The summed E-state index contributed by atoms with van der Waals surface area (Å²) in [7, 11) is 3.38. The molecule has 0 aromatic carbocycles. The fourth-order valence-electron chi connectivity index (χ4n) is 0.900. The number of hydrazone groups is 1. The average Bonchev–Trinajstić information content (AvgIpc) is 2.62. The summed E-state index contributed by atoms with van der Waals surface area (Å²) in [6, 6.07) is 3.01. The Hall–Kier alpha value is -1.91. The highest BCUT2D eigenvalue weighted by atomic mass is 16.3. The molecule has 0 aliphatic heterocycles. The van der Waals surface area contributed by atoms with Gasteiger partial charge in [-0.1, -0.05) is 0 Å². The van der Waals surface area contributed by atoms with Crippen LogP contribution in [0.3, 0.4) is 0 Å². The van der Waals surface area contributed by atoms with E-state index in [0.717, 1.165) is 0 Å². The molecule has 1 aromatic rings. The normalized spacial score (nSPS) is 11.1. The van der Waals surface area contributed by atoms with Gasteiger partial charge in [-0.15, -0.1) is 0 Å². The second-order valence-electron chi connectivity index (χ2n) is 2.77. The Morgan fingerprint density at radius 2 is 2.14 bits per heavy atom. The van der Waals surface area contributed by atoms with E-state index in [0.29, 0.717) is 12.6 Å². The van der Waals surface area contributed by atoms with Crippen LogP contribution < -0.4 is 0 Å². The van der Waals surface area contributed by atoms with Crippen molar-refractivity contribution in [3.05, 3.63) is 23.7 Å². The summed E-state index contributed by atoms with van der Waals surface area (Å²) in [5, 5.41) is 5.36. The van der Waals surface area contributed by atoms with Crippen molar-refractivity contribution in [3.8, 4) is 0 Å². The van der Waals surface area contributed by atoms with Crippen molar-refractivity contribution in [1.82, 2.24) is 5.01 Å². The van der Waals surface area contributed by atoms with E-state index in [2.05, 4.69) is 5.10 Å². The Bertz CT molecular complexity index is 366. The minimum absolute atomic E-state index is 0.156. The number of nitrogens with zero attached hydrogens (tertiary/aromatic N) is 2. The van der Waals surface area contributed by atoms with Crippen LogP contribution in [-0.4, -0.2) is 37.4 Å². The molecule has 0 radical (unpaired) electrons. The number of aldehydes is 2. The lowest BCUT2D eigenvalue weighted by Gasteiger charge is -2.03. The fraction of sp³-hybridized carbons (Fsp3) is 0.222. The summed E-state index contributed by atoms with van der Waals surface area (Å²) < 4.78 is 5.03. The van der Waals surface area contributed by atoms with Gasteiger partial charge in [-0.05, 0) is 12.1 Å². The van der Waals surface area contributed by atoms with E-state index in [1.54, 1.807) is 14.1 Å². The zero-order valence-corrected chi connectivity index (χ0v) is 7.93. The van der Waals surface area contributed by atoms with Crippen LogP contribution in [0.4, 0.5) is 0 Å². The third-order valence-electron chi connectivity index (χ3n) is 1.41. The summed E-state index contributed by atoms with van der Waals surface area (Å²) in [6.45, 7) is 0. The quantitative estimate of drug-likeness (QED) is 0.399. The second kappa shape index (κ2) is 4.36. The molecule has 1 rings (SSSR count). The molecule has 0 aliphatic carbocycles. The van der Waals surface area contributed by atoms with Gasteiger partial charge < -0.3 is 9.43 Å². The molecule has 0 spiro atoms. The first-order chi connectivity index (χ1) is 6.67. The third-order valence-corrected chi connectivity index (χ3v) is 1.41. The number of hydrogen-bond donors (Lipinski definition) is 0. The van der Waals surface area contributed by atoms with Crippen molar-refractivity contribution < 1.29 is 14.0 Å². The molecule has 5 nitrogen and oxygen atoms in total. The number of carbonyl (C=O) groups is 2. The lowest BCUT2D eigenvalue weighted by Crippen LogP contribution is -2.10. The van der Waals surface area contributed by atoms with Crippen LogP contribution >= 0.6 is 0 Å². The summed E-state index contributed by atoms with van der Waals surface area (Å²) in [5.74, 6) is 0.462. The summed E-state index contributed by atoms with van der Waals surface area (Å²) in [5.41, 5.74) is 0.156. The minimum Gasteiger partial charge on any atom is -0.451 e. The van der Waals surface area contributed by atoms with Crippen LogP contribution in [0.25, 0.3) is 0 Å². The van der Waals surface area contributed by atoms with Crippen molar-refractivity contribution in [1.29, 1.82) is 0 Å². The smallest absolute Gasteiger partial charge is 0.185 e. The molecule has 0 N–H and O–H groups in total. The zero-order valence-electron chi connectivity index (χ0n) is 7.93. The highest BCUT2D eigenvalue weighted by Gasteiger charge is 2.08.